The number of hydrogen-bond donors (Lipinski definition) is 2. The third-order valence-corrected chi connectivity index (χ3v) is 6.10. The first-order valence-electron chi connectivity index (χ1n) is 9.64. The van der Waals surface area contributed by atoms with Gasteiger partial charge in [0.1, 0.15) is 5.75 Å². The maximum atomic E-state index is 13.0. The molecule has 0 saturated heterocycles. The van der Waals surface area contributed by atoms with Gasteiger partial charge < -0.3 is 10.1 Å². The van der Waals surface area contributed by atoms with Gasteiger partial charge in [0.15, 0.2) is 11.6 Å². The van der Waals surface area contributed by atoms with Crippen LogP contribution in [0.1, 0.15) is 11.1 Å². The molecule has 0 radical (unpaired) electrons. The number of sulfonamides is 1. The highest BCUT2D eigenvalue weighted by molar-refractivity contribution is 7.92. The summed E-state index contributed by atoms with van der Waals surface area (Å²) in [6.45, 7) is 3.85. The molecule has 0 aliphatic rings. The Morgan fingerprint density at radius 1 is 0.806 bits per heavy atom. The molecule has 3 aromatic carbocycles. The van der Waals surface area contributed by atoms with Crippen molar-refractivity contribution in [3.05, 3.63) is 77.9 Å². The Morgan fingerprint density at radius 3 is 2.06 bits per heavy atom. The smallest absolute Gasteiger partial charge is 0.263 e. The summed E-state index contributed by atoms with van der Waals surface area (Å²) in [6, 6.07) is 19.5. The fraction of sp³-hybridized carbons (Fsp3) is 0.130. The monoisotopic (exact) mass is 434 g/mol. The van der Waals surface area contributed by atoms with Crippen LogP contribution in [0, 0.1) is 13.8 Å². The second-order valence-corrected chi connectivity index (χ2v) is 8.84. The molecule has 8 heteroatoms. The number of ether oxygens (including phenoxy) is 1. The number of rotatable bonds is 6. The molecule has 0 spiro atoms. The van der Waals surface area contributed by atoms with Crippen LogP contribution in [0.25, 0.3) is 11.0 Å². The molecule has 0 bridgehead atoms. The van der Waals surface area contributed by atoms with E-state index < -0.39 is 10.0 Å². The standard InChI is InChI=1S/C23H22N4O3S/c1-15-8-11-17(12-9-15)31(28,29)27-23-22(24-18-6-4-5-7-19(18)25-23)26-20-14-16(2)10-13-21(20)30-3/h4-14H,1-3H3,(H,24,26)(H,25,27). The lowest BCUT2D eigenvalue weighted by molar-refractivity contribution is 0.416. The van der Waals surface area contributed by atoms with Crippen molar-refractivity contribution in [1.82, 2.24) is 9.97 Å². The van der Waals surface area contributed by atoms with Crippen molar-refractivity contribution in [1.29, 1.82) is 0 Å². The van der Waals surface area contributed by atoms with Gasteiger partial charge in [0.25, 0.3) is 10.0 Å². The maximum absolute atomic E-state index is 13.0. The summed E-state index contributed by atoms with van der Waals surface area (Å²) in [5, 5.41) is 3.18. The first-order valence-corrected chi connectivity index (χ1v) is 11.1. The van der Waals surface area contributed by atoms with E-state index in [0.717, 1.165) is 11.1 Å². The van der Waals surface area contributed by atoms with Crippen LogP contribution >= 0.6 is 0 Å². The van der Waals surface area contributed by atoms with Gasteiger partial charge in [-0.3, -0.25) is 4.72 Å². The Kier molecular flexibility index (Phi) is 5.48. The molecule has 31 heavy (non-hydrogen) atoms. The number of aryl methyl sites for hydroxylation is 2. The SMILES string of the molecule is COc1ccc(C)cc1Nc1nc2ccccc2nc1NS(=O)(=O)c1ccc(C)cc1. The summed E-state index contributed by atoms with van der Waals surface area (Å²) >= 11 is 0. The van der Waals surface area contributed by atoms with Crippen LogP contribution in [0.4, 0.5) is 17.3 Å². The molecule has 0 fully saturated rings. The van der Waals surface area contributed by atoms with E-state index in [1.807, 2.05) is 50.2 Å². The second kappa shape index (κ2) is 8.23. The molecule has 1 aromatic heterocycles. The summed E-state index contributed by atoms with van der Waals surface area (Å²) in [5.41, 5.74) is 3.85. The van der Waals surface area contributed by atoms with E-state index in [9.17, 15) is 8.42 Å². The zero-order valence-electron chi connectivity index (χ0n) is 17.4. The molecule has 4 aromatic rings. The molecule has 0 saturated carbocycles. The summed E-state index contributed by atoms with van der Waals surface area (Å²) in [5.74, 6) is 0.981. The highest BCUT2D eigenvalue weighted by Gasteiger charge is 2.19. The van der Waals surface area contributed by atoms with Crippen LogP contribution < -0.4 is 14.8 Å². The third kappa shape index (κ3) is 4.44. The van der Waals surface area contributed by atoms with Crippen molar-refractivity contribution in [2.45, 2.75) is 18.7 Å². The number of aromatic nitrogens is 2. The Hall–Kier alpha value is -3.65. The normalized spacial score (nSPS) is 11.3. The number of fused-ring (bicyclic) bond motifs is 1. The third-order valence-electron chi connectivity index (χ3n) is 4.74. The predicted octanol–water partition coefficient (Wildman–Crippen LogP) is 4.80. The molecule has 0 atom stereocenters. The van der Waals surface area contributed by atoms with Gasteiger partial charge in [0.2, 0.25) is 0 Å². The largest absolute Gasteiger partial charge is 0.495 e. The Bertz CT molecular complexity index is 1350. The minimum Gasteiger partial charge on any atom is -0.495 e. The minimum atomic E-state index is -3.86. The fourth-order valence-corrected chi connectivity index (χ4v) is 4.12. The van der Waals surface area contributed by atoms with Gasteiger partial charge in [-0.25, -0.2) is 18.4 Å². The van der Waals surface area contributed by atoms with Gasteiger partial charge in [-0.15, -0.1) is 0 Å². The fourth-order valence-electron chi connectivity index (χ4n) is 3.11. The molecular formula is C23H22N4O3S. The van der Waals surface area contributed by atoms with Gasteiger partial charge in [-0.1, -0.05) is 35.9 Å². The zero-order chi connectivity index (χ0) is 22.0. The van der Waals surface area contributed by atoms with E-state index in [1.54, 1.807) is 37.4 Å². The Labute approximate surface area is 181 Å². The number of hydrogen-bond acceptors (Lipinski definition) is 6. The van der Waals surface area contributed by atoms with E-state index in [2.05, 4.69) is 20.0 Å². The molecule has 0 amide bonds. The quantitative estimate of drug-likeness (QED) is 0.453. The number of methoxy groups -OCH3 is 1. The van der Waals surface area contributed by atoms with Crippen LogP contribution in [0.3, 0.4) is 0 Å². The Morgan fingerprint density at radius 2 is 1.42 bits per heavy atom. The van der Waals surface area contributed by atoms with E-state index in [0.29, 0.717) is 22.5 Å². The Balaban J connectivity index is 1.80. The van der Waals surface area contributed by atoms with Gasteiger partial charge in [-0.05, 0) is 55.8 Å². The number of anilines is 3. The van der Waals surface area contributed by atoms with Gasteiger partial charge in [0, 0.05) is 0 Å². The van der Waals surface area contributed by atoms with E-state index in [1.165, 1.54) is 0 Å². The minimum absolute atomic E-state index is 0.0998. The highest BCUT2D eigenvalue weighted by Crippen LogP contribution is 2.32. The highest BCUT2D eigenvalue weighted by atomic mass is 32.2. The number of para-hydroxylation sites is 2. The van der Waals surface area contributed by atoms with Crippen LogP contribution in [0.15, 0.2) is 71.6 Å². The lowest BCUT2D eigenvalue weighted by atomic mass is 10.2. The summed E-state index contributed by atoms with van der Waals surface area (Å²) in [4.78, 5) is 9.28. The average Bonchev–Trinajstić information content (AvgIpc) is 2.74. The summed E-state index contributed by atoms with van der Waals surface area (Å²) < 4.78 is 34.0. The van der Waals surface area contributed by atoms with Crippen LogP contribution in [0.2, 0.25) is 0 Å². The van der Waals surface area contributed by atoms with Crippen molar-refractivity contribution < 1.29 is 13.2 Å². The van der Waals surface area contributed by atoms with Crippen LogP contribution in [0.5, 0.6) is 5.75 Å². The lowest BCUT2D eigenvalue weighted by Gasteiger charge is -2.16. The van der Waals surface area contributed by atoms with E-state index in [4.69, 9.17) is 4.74 Å². The first-order chi connectivity index (χ1) is 14.9. The average molecular weight is 435 g/mol. The first kappa shape index (κ1) is 20.6. The van der Waals surface area contributed by atoms with Gasteiger partial charge in [-0.2, -0.15) is 0 Å². The number of benzene rings is 3. The molecular weight excluding hydrogens is 412 g/mol. The maximum Gasteiger partial charge on any atom is 0.263 e. The van der Waals surface area contributed by atoms with Crippen molar-refractivity contribution in [2.24, 2.45) is 0 Å². The van der Waals surface area contributed by atoms with Crippen molar-refractivity contribution in [3.63, 3.8) is 0 Å². The number of nitrogens with one attached hydrogen (secondary N) is 2. The lowest BCUT2D eigenvalue weighted by Crippen LogP contribution is -2.16. The molecule has 4 rings (SSSR count). The molecule has 158 valence electrons. The number of nitrogens with zero attached hydrogens (tertiary/aromatic N) is 2. The van der Waals surface area contributed by atoms with E-state index in [-0.39, 0.29) is 16.5 Å². The topological polar surface area (TPSA) is 93.2 Å². The molecule has 1 heterocycles. The molecule has 0 unspecified atom stereocenters. The molecule has 0 aliphatic heterocycles. The summed E-state index contributed by atoms with van der Waals surface area (Å²) in [7, 11) is -2.29. The van der Waals surface area contributed by atoms with Crippen molar-refractivity contribution >= 4 is 38.4 Å². The van der Waals surface area contributed by atoms with Gasteiger partial charge in [0.05, 0.1) is 28.7 Å². The summed E-state index contributed by atoms with van der Waals surface area (Å²) in [6.07, 6.45) is 0. The predicted molar refractivity (Wildman–Crippen MR) is 123 cm³/mol. The zero-order valence-corrected chi connectivity index (χ0v) is 18.2. The second-order valence-electron chi connectivity index (χ2n) is 7.16. The molecule has 7 nitrogen and oxygen atoms in total. The van der Waals surface area contributed by atoms with Gasteiger partial charge >= 0.3 is 0 Å². The van der Waals surface area contributed by atoms with Crippen molar-refractivity contribution in [2.75, 3.05) is 17.1 Å². The van der Waals surface area contributed by atoms with Crippen LogP contribution in [-0.4, -0.2) is 25.5 Å². The van der Waals surface area contributed by atoms with Crippen LogP contribution in [-0.2, 0) is 10.0 Å². The van der Waals surface area contributed by atoms with Crippen molar-refractivity contribution in [3.8, 4) is 5.75 Å². The van der Waals surface area contributed by atoms with E-state index >= 15 is 0 Å². The molecule has 0 aliphatic carbocycles. The molecule has 2 N–H and O–H groups in total.